The quantitative estimate of drug-likeness (QED) is 0.809. The summed E-state index contributed by atoms with van der Waals surface area (Å²) in [5.41, 5.74) is 7.76. The minimum absolute atomic E-state index is 0.304. The molecular formula is C20H24FN5O. The first-order valence-electron chi connectivity index (χ1n) is 8.87. The van der Waals surface area contributed by atoms with Crippen LogP contribution in [0.4, 0.5) is 10.2 Å². The van der Waals surface area contributed by atoms with Crippen molar-refractivity contribution >= 4 is 17.6 Å². The van der Waals surface area contributed by atoms with E-state index in [0.29, 0.717) is 37.3 Å². The van der Waals surface area contributed by atoms with Crippen molar-refractivity contribution in [1.29, 1.82) is 0 Å². The van der Waals surface area contributed by atoms with Crippen LogP contribution in [0.15, 0.2) is 47.3 Å². The number of rotatable bonds is 4. The van der Waals surface area contributed by atoms with Crippen LogP contribution < -0.4 is 10.6 Å². The first-order chi connectivity index (χ1) is 12.9. The molecule has 3 rings (SSSR count). The Kier molecular flexibility index (Phi) is 5.51. The minimum atomic E-state index is -0.955. The highest BCUT2D eigenvalue weighted by molar-refractivity contribution is 6.09. The van der Waals surface area contributed by atoms with Gasteiger partial charge in [0.25, 0.3) is 0 Å². The van der Waals surface area contributed by atoms with Crippen molar-refractivity contribution in [3.63, 3.8) is 0 Å². The predicted molar refractivity (Wildman–Crippen MR) is 105 cm³/mol. The summed E-state index contributed by atoms with van der Waals surface area (Å²) >= 11 is 0. The van der Waals surface area contributed by atoms with Crippen LogP contribution >= 0.6 is 0 Å². The number of hydrogen-bond donors (Lipinski definition) is 2. The molecule has 6 nitrogen and oxygen atoms in total. The highest BCUT2D eigenvalue weighted by Crippen LogP contribution is 2.34. The molecule has 142 valence electrons. The molecule has 27 heavy (non-hydrogen) atoms. The summed E-state index contributed by atoms with van der Waals surface area (Å²) in [6.45, 7) is 3.04. The summed E-state index contributed by atoms with van der Waals surface area (Å²) < 4.78 is 13.1. The number of piperidine rings is 1. The van der Waals surface area contributed by atoms with Crippen LogP contribution in [0.25, 0.3) is 5.57 Å². The van der Waals surface area contributed by atoms with Gasteiger partial charge in [0.05, 0.1) is 23.7 Å². The van der Waals surface area contributed by atoms with Crippen LogP contribution in [0.1, 0.15) is 31.0 Å². The lowest BCUT2D eigenvalue weighted by Gasteiger charge is -2.39. The van der Waals surface area contributed by atoms with Gasteiger partial charge in [0.15, 0.2) is 0 Å². The molecule has 1 aliphatic rings. The van der Waals surface area contributed by atoms with E-state index in [1.807, 2.05) is 0 Å². The fourth-order valence-corrected chi connectivity index (χ4v) is 3.29. The molecular weight excluding hydrogens is 345 g/mol. The molecule has 0 aliphatic carbocycles. The zero-order chi connectivity index (χ0) is 19.4. The van der Waals surface area contributed by atoms with Gasteiger partial charge in [-0.15, -0.1) is 0 Å². The van der Waals surface area contributed by atoms with Crippen molar-refractivity contribution in [2.75, 3.05) is 25.0 Å². The van der Waals surface area contributed by atoms with E-state index in [2.05, 4.69) is 19.9 Å². The lowest BCUT2D eigenvalue weighted by Crippen LogP contribution is -2.43. The second-order valence-corrected chi connectivity index (χ2v) is 6.77. The zero-order valence-corrected chi connectivity index (χ0v) is 15.6. The molecule has 0 unspecified atom stereocenters. The van der Waals surface area contributed by atoms with E-state index in [9.17, 15) is 9.50 Å². The first kappa shape index (κ1) is 19.0. The van der Waals surface area contributed by atoms with Crippen molar-refractivity contribution in [1.82, 2.24) is 9.97 Å². The molecule has 1 aromatic heterocycles. The molecule has 0 radical (unpaired) electrons. The van der Waals surface area contributed by atoms with Crippen molar-refractivity contribution in [2.45, 2.75) is 25.4 Å². The smallest absolute Gasteiger partial charge is 0.147 e. The number of aliphatic hydroxyl groups is 1. The molecule has 0 bridgehead atoms. The van der Waals surface area contributed by atoms with Gasteiger partial charge in [-0.25, -0.2) is 9.37 Å². The van der Waals surface area contributed by atoms with Gasteiger partial charge in [-0.1, -0.05) is 12.1 Å². The van der Waals surface area contributed by atoms with Crippen molar-refractivity contribution in [2.24, 2.45) is 10.7 Å². The molecule has 2 heterocycles. The van der Waals surface area contributed by atoms with Crippen LogP contribution in [0, 0.1) is 5.82 Å². The molecule has 1 aromatic carbocycles. The van der Waals surface area contributed by atoms with E-state index in [1.54, 1.807) is 44.7 Å². The maximum atomic E-state index is 13.1. The summed E-state index contributed by atoms with van der Waals surface area (Å²) in [7, 11) is 1.68. The van der Waals surface area contributed by atoms with E-state index in [1.165, 1.54) is 12.1 Å². The van der Waals surface area contributed by atoms with Gasteiger partial charge in [-0.2, -0.15) is 0 Å². The third kappa shape index (κ3) is 4.14. The number of aromatic nitrogens is 2. The highest BCUT2D eigenvalue weighted by atomic mass is 19.1. The summed E-state index contributed by atoms with van der Waals surface area (Å²) in [6, 6.07) is 6.06. The van der Waals surface area contributed by atoms with Crippen LogP contribution in [-0.4, -0.2) is 41.4 Å². The largest absolute Gasteiger partial charge is 0.402 e. The van der Waals surface area contributed by atoms with E-state index < -0.39 is 5.60 Å². The predicted octanol–water partition coefficient (Wildman–Crippen LogP) is 2.49. The number of nitrogens with zero attached hydrogens (tertiary/aromatic N) is 4. The number of aliphatic imine (C=N–C) groups is 1. The Labute approximate surface area is 158 Å². The number of anilines is 1. The van der Waals surface area contributed by atoms with Crippen LogP contribution in [0.5, 0.6) is 0 Å². The maximum absolute atomic E-state index is 13.1. The number of allylic oxidation sites excluding steroid dienone is 2. The van der Waals surface area contributed by atoms with Gasteiger partial charge < -0.3 is 15.7 Å². The fourth-order valence-electron chi connectivity index (χ4n) is 3.29. The Bertz CT molecular complexity index is 851. The van der Waals surface area contributed by atoms with Crippen LogP contribution in [0.2, 0.25) is 0 Å². The van der Waals surface area contributed by atoms with Crippen LogP contribution in [0.3, 0.4) is 0 Å². The van der Waals surface area contributed by atoms with Gasteiger partial charge >= 0.3 is 0 Å². The third-order valence-corrected chi connectivity index (χ3v) is 4.88. The van der Waals surface area contributed by atoms with E-state index >= 15 is 0 Å². The molecule has 0 spiro atoms. The number of benzene rings is 1. The Morgan fingerprint density at radius 3 is 2.52 bits per heavy atom. The minimum Gasteiger partial charge on any atom is -0.402 e. The molecule has 3 N–H and O–H groups in total. The van der Waals surface area contributed by atoms with Gasteiger partial charge in [0, 0.05) is 37.6 Å². The molecule has 1 aliphatic heterocycles. The highest BCUT2D eigenvalue weighted by Gasteiger charge is 2.34. The molecule has 2 aromatic rings. The Hall–Kier alpha value is -2.80. The second-order valence-electron chi connectivity index (χ2n) is 6.77. The average Bonchev–Trinajstić information content (AvgIpc) is 2.67. The van der Waals surface area contributed by atoms with E-state index in [4.69, 9.17) is 5.73 Å². The SMILES string of the molecule is CN=C/C(=C(/C)N)c1cncc(N2CCC(O)(c3ccc(F)cc3)CC2)n1. The number of nitrogens with two attached hydrogens (primary N) is 1. The molecule has 0 amide bonds. The number of halogens is 1. The maximum Gasteiger partial charge on any atom is 0.147 e. The second kappa shape index (κ2) is 7.84. The first-order valence-corrected chi connectivity index (χ1v) is 8.87. The third-order valence-electron chi connectivity index (χ3n) is 4.88. The lowest BCUT2D eigenvalue weighted by atomic mass is 9.84. The fraction of sp³-hybridized carbons (Fsp3) is 0.350. The monoisotopic (exact) mass is 369 g/mol. The Morgan fingerprint density at radius 1 is 1.26 bits per heavy atom. The standard InChI is InChI=1S/C20H24FN5O/c1-14(22)17(11-23-2)18-12-24-13-19(25-18)26-9-7-20(27,8-10-26)15-3-5-16(21)6-4-15/h3-6,11-13,27H,7-10,22H2,1-2H3/b17-14+,23-11?. The molecule has 0 atom stereocenters. The summed E-state index contributed by atoms with van der Waals surface area (Å²) in [6.07, 6.45) is 6.10. The van der Waals surface area contributed by atoms with E-state index in [-0.39, 0.29) is 5.82 Å². The summed E-state index contributed by atoms with van der Waals surface area (Å²) in [5.74, 6) is 0.429. The molecule has 0 saturated carbocycles. The van der Waals surface area contributed by atoms with Crippen LogP contribution in [-0.2, 0) is 5.60 Å². The molecule has 1 saturated heterocycles. The normalized spacial score (nSPS) is 17.9. The van der Waals surface area contributed by atoms with Gasteiger partial charge in [-0.05, 0) is 37.5 Å². The molecule has 1 fully saturated rings. The van der Waals surface area contributed by atoms with Gasteiger partial charge in [0.1, 0.15) is 11.6 Å². The van der Waals surface area contributed by atoms with E-state index in [0.717, 1.165) is 17.0 Å². The Morgan fingerprint density at radius 2 is 1.93 bits per heavy atom. The van der Waals surface area contributed by atoms with Crippen molar-refractivity contribution in [3.05, 3.63) is 59.4 Å². The average molecular weight is 369 g/mol. The van der Waals surface area contributed by atoms with Crippen molar-refractivity contribution in [3.8, 4) is 0 Å². The molecule has 7 heteroatoms. The summed E-state index contributed by atoms with van der Waals surface area (Å²) in [4.78, 5) is 15.1. The topological polar surface area (TPSA) is 87.6 Å². The summed E-state index contributed by atoms with van der Waals surface area (Å²) in [5, 5.41) is 11.0. The number of hydrogen-bond acceptors (Lipinski definition) is 6. The zero-order valence-electron chi connectivity index (χ0n) is 15.6. The van der Waals surface area contributed by atoms with Crippen molar-refractivity contribution < 1.29 is 9.50 Å². The Balaban J connectivity index is 1.77. The van der Waals surface area contributed by atoms with Gasteiger partial charge in [-0.3, -0.25) is 9.98 Å². The van der Waals surface area contributed by atoms with Gasteiger partial charge in [0.2, 0.25) is 0 Å². The lowest BCUT2D eigenvalue weighted by molar-refractivity contribution is 0.0116.